The molecule has 0 aromatic heterocycles. The van der Waals surface area contributed by atoms with Gasteiger partial charge in [-0.15, -0.1) is 0 Å². The lowest BCUT2D eigenvalue weighted by Crippen LogP contribution is -2.22. The first-order valence-corrected chi connectivity index (χ1v) is 6.81. The second-order valence-corrected chi connectivity index (χ2v) is 4.72. The molecular weight excluding hydrogens is 338 g/mol. The normalized spacial score (nSPS) is 12.2. The van der Waals surface area contributed by atoms with E-state index in [9.17, 15) is 9.18 Å². The van der Waals surface area contributed by atoms with Gasteiger partial charge in [-0.3, -0.25) is 0 Å². The highest BCUT2D eigenvalue weighted by Crippen LogP contribution is 2.19. The average Bonchev–Trinajstić information content (AvgIpc) is 2.29. The van der Waals surface area contributed by atoms with Crippen molar-refractivity contribution in [2.24, 2.45) is 0 Å². The highest BCUT2D eigenvalue weighted by molar-refractivity contribution is 14.1. The van der Waals surface area contributed by atoms with Crippen molar-refractivity contribution in [2.45, 2.75) is 25.9 Å². The lowest BCUT2D eigenvalue weighted by Gasteiger charge is -2.11. The molecule has 0 amide bonds. The van der Waals surface area contributed by atoms with E-state index in [1.807, 2.05) is 0 Å². The lowest BCUT2D eigenvalue weighted by molar-refractivity contribution is -0.144. The van der Waals surface area contributed by atoms with Crippen LogP contribution in [0.4, 0.5) is 4.39 Å². The summed E-state index contributed by atoms with van der Waals surface area (Å²) >= 11 is 2.23. The van der Waals surface area contributed by atoms with Crippen molar-refractivity contribution in [2.75, 3.05) is 4.43 Å². The van der Waals surface area contributed by atoms with Crippen molar-refractivity contribution in [3.05, 3.63) is 29.6 Å². The summed E-state index contributed by atoms with van der Waals surface area (Å²) in [4.78, 5) is 10.6. The van der Waals surface area contributed by atoms with Crippen LogP contribution < -0.4 is 4.74 Å². The number of rotatable bonds is 6. The van der Waals surface area contributed by atoms with E-state index in [-0.39, 0.29) is 5.82 Å². The van der Waals surface area contributed by atoms with Crippen LogP contribution in [0.1, 0.15) is 18.9 Å². The van der Waals surface area contributed by atoms with Crippen LogP contribution in [0.3, 0.4) is 0 Å². The molecule has 0 radical (unpaired) electrons. The highest BCUT2D eigenvalue weighted by Gasteiger charge is 2.13. The third-order valence-electron chi connectivity index (χ3n) is 2.26. The number of aryl methyl sites for hydroxylation is 1. The minimum absolute atomic E-state index is 0.273. The van der Waals surface area contributed by atoms with Crippen LogP contribution in [0, 0.1) is 5.82 Å². The van der Waals surface area contributed by atoms with Crippen LogP contribution in [-0.2, 0) is 11.2 Å². The second kappa shape index (κ2) is 6.78. The lowest BCUT2D eigenvalue weighted by atomic mass is 10.1. The molecule has 5 heteroatoms. The first-order chi connectivity index (χ1) is 8.04. The third-order valence-corrected chi connectivity index (χ3v) is 3.02. The number of benzene rings is 1. The SMILES string of the molecule is CC(Oc1ccc(F)c(CCCI)c1)C(=O)O. The first kappa shape index (κ1) is 14.2. The molecule has 1 aromatic rings. The average molecular weight is 352 g/mol. The Balaban J connectivity index is 2.77. The van der Waals surface area contributed by atoms with Crippen LogP contribution in [0.2, 0.25) is 0 Å². The summed E-state index contributed by atoms with van der Waals surface area (Å²) in [7, 11) is 0. The Morgan fingerprint density at radius 1 is 1.59 bits per heavy atom. The van der Waals surface area contributed by atoms with Gasteiger partial charge < -0.3 is 9.84 Å². The second-order valence-electron chi connectivity index (χ2n) is 3.64. The fourth-order valence-electron chi connectivity index (χ4n) is 1.33. The number of ether oxygens (including phenoxy) is 1. The maximum Gasteiger partial charge on any atom is 0.344 e. The summed E-state index contributed by atoms with van der Waals surface area (Å²) in [5, 5.41) is 8.71. The number of carboxylic acid groups (broad SMARTS) is 1. The molecule has 1 N–H and O–H groups in total. The number of alkyl halides is 1. The largest absolute Gasteiger partial charge is 0.479 e. The fraction of sp³-hybridized carbons (Fsp3) is 0.417. The van der Waals surface area contributed by atoms with E-state index in [0.29, 0.717) is 17.7 Å². The van der Waals surface area contributed by atoms with E-state index in [4.69, 9.17) is 9.84 Å². The summed E-state index contributed by atoms with van der Waals surface area (Å²) in [5.41, 5.74) is 0.566. The highest BCUT2D eigenvalue weighted by atomic mass is 127. The van der Waals surface area contributed by atoms with Gasteiger partial charge in [0.2, 0.25) is 0 Å². The minimum Gasteiger partial charge on any atom is -0.479 e. The molecule has 0 aliphatic heterocycles. The number of halogens is 2. The number of aliphatic carboxylic acids is 1. The first-order valence-electron chi connectivity index (χ1n) is 5.28. The van der Waals surface area contributed by atoms with Crippen molar-refractivity contribution < 1.29 is 19.0 Å². The van der Waals surface area contributed by atoms with E-state index in [2.05, 4.69) is 22.6 Å². The van der Waals surface area contributed by atoms with Crippen LogP contribution in [-0.4, -0.2) is 21.6 Å². The smallest absolute Gasteiger partial charge is 0.344 e. The molecule has 0 heterocycles. The minimum atomic E-state index is -1.04. The van der Waals surface area contributed by atoms with Gasteiger partial charge >= 0.3 is 5.97 Å². The van der Waals surface area contributed by atoms with E-state index < -0.39 is 12.1 Å². The molecule has 0 saturated carbocycles. The van der Waals surface area contributed by atoms with Crippen molar-refractivity contribution >= 4 is 28.6 Å². The molecule has 94 valence electrons. The molecule has 0 bridgehead atoms. The predicted octanol–water partition coefficient (Wildman–Crippen LogP) is 3.05. The molecule has 0 saturated heterocycles. The standard InChI is InChI=1S/C12H14FIO3/c1-8(12(15)16)17-10-4-5-11(13)9(7-10)3-2-6-14/h4-5,7-8H,2-3,6H2,1H3,(H,15,16). The van der Waals surface area contributed by atoms with Gasteiger partial charge in [-0.25, -0.2) is 9.18 Å². The molecule has 1 unspecified atom stereocenters. The Morgan fingerprint density at radius 2 is 2.29 bits per heavy atom. The zero-order chi connectivity index (χ0) is 12.8. The van der Waals surface area contributed by atoms with E-state index in [1.165, 1.54) is 19.1 Å². The van der Waals surface area contributed by atoms with Gasteiger partial charge in [-0.2, -0.15) is 0 Å². The van der Waals surface area contributed by atoms with Gasteiger partial charge in [0.15, 0.2) is 6.10 Å². The molecule has 17 heavy (non-hydrogen) atoms. The number of carboxylic acids is 1. The molecule has 0 spiro atoms. The van der Waals surface area contributed by atoms with E-state index in [0.717, 1.165) is 10.8 Å². The molecule has 3 nitrogen and oxygen atoms in total. The monoisotopic (exact) mass is 352 g/mol. The Bertz CT molecular complexity index is 395. The molecular formula is C12H14FIO3. The van der Waals surface area contributed by atoms with Crippen molar-refractivity contribution in [3.8, 4) is 5.75 Å². The van der Waals surface area contributed by atoms with Crippen molar-refractivity contribution in [3.63, 3.8) is 0 Å². The Kier molecular flexibility index (Phi) is 5.67. The van der Waals surface area contributed by atoms with Crippen LogP contribution in [0.5, 0.6) is 5.75 Å². The molecule has 0 aliphatic rings. The fourth-order valence-corrected chi connectivity index (χ4v) is 1.71. The molecule has 1 rings (SSSR count). The summed E-state index contributed by atoms with van der Waals surface area (Å²) in [5.74, 6) is -0.918. The molecule has 0 fully saturated rings. The number of carbonyl (C=O) groups is 1. The topological polar surface area (TPSA) is 46.5 Å². The van der Waals surface area contributed by atoms with Crippen molar-refractivity contribution in [1.29, 1.82) is 0 Å². The van der Waals surface area contributed by atoms with Crippen molar-refractivity contribution in [1.82, 2.24) is 0 Å². The van der Waals surface area contributed by atoms with Gasteiger partial charge in [0.1, 0.15) is 11.6 Å². The van der Waals surface area contributed by atoms with E-state index in [1.54, 1.807) is 6.07 Å². The van der Waals surface area contributed by atoms with Gasteiger partial charge in [0, 0.05) is 0 Å². The molecule has 1 atom stereocenters. The zero-order valence-electron chi connectivity index (χ0n) is 9.45. The van der Waals surface area contributed by atoms with E-state index >= 15 is 0 Å². The van der Waals surface area contributed by atoms with Gasteiger partial charge in [0.25, 0.3) is 0 Å². The number of hydrogen-bond donors (Lipinski definition) is 1. The molecule has 0 aliphatic carbocycles. The van der Waals surface area contributed by atoms with Gasteiger partial charge in [0.05, 0.1) is 0 Å². The number of hydrogen-bond acceptors (Lipinski definition) is 2. The third kappa shape index (κ3) is 4.49. The molecule has 1 aromatic carbocycles. The van der Waals surface area contributed by atoms with Crippen LogP contribution in [0.15, 0.2) is 18.2 Å². The Labute approximate surface area is 113 Å². The summed E-state index contributed by atoms with van der Waals surface area (Å²) in [6, 6.07) is 4.33. The Morgan fingerprint density at radius 3 is 2.88 bits per heavy atom. The summed E-state index contributed by atoms with van der Waals surface area (Å²) < 4.78 is 19.6. The maximum atomic E-state index is 13.4. The van der Waals surface area contributed by atoms with Crippen LogP contribution >= 0.6 is 22.6 Å². The van der Waals surface area contributed by atoms with Gasteiger partial charge in [-0.1, -0.05) is 22.6 Å². The summed E-state index contributed by atoms with van der Waals surface area (Å²) in [6.07, 6.45) is 0.584. The predicted molar refractivity (Wildman–Crippen MR) is 71.3 cm³/mol. The maximum absolute atomic E-state index is 13.4. The quantitative estimate of drug-likeness (QED) is 0.632. The Hall–Kier alpha value is -0.850. The zero-order valence-corrected chi connectivity index (χ0v) is 11.6. The van der Waals surface area contributed by atoms with Crippen LogP contribution in [0.25, 0.3) is 0 Å². The van der Waals surface area contributed by atoms with Gasteiger partial charge in [-0.05, 0) is 48.0 Å². The summed E-state index contributed by atoms with van der Waals surface area (Å²) in [6.45, 7) is 1.44.